The normalized spacial score (nSPS) is 12.6. The van der Waals surface area contributed by atoms with Crippen LogP contribution >= 0.6 is 0 Å². The summed E-state index contributed by atoms with van der Waals surface area (Å²) in [7, 11) is 0. The second kappa shape index (κ2) is 6.57. The van der Waals surface area contributed by atoms with Gasteiger partial charge < -0.3 is 15.3 Å². The van der Waals surface area contributed by atoms with Gasteiger partial charge in [-0.3, -0.25) is 4.57 Å². The first-order valence-electron chi connectivity index (χ1n) is 7.41. The first kappa shape index (κ1) is 16.4. The SMILES string of the molecule is CCC[S+]([O-])c1nc(N)c2[nH]c(=O)n(Cc3cnc(C)nc3)c2n1. The van der Waals surface area contributed by atoms with Crippen LogP contribution in [-0.2, 0) is 17.7 Å². The maximum absolute atomic E-state index is 12.2. The minimum absolute atomic E-state index is 0.107. The second-order valence-corrected chi connectivity index (χ2v) is 6.76. The van der Waals surface area contributed by atoms with Crippen LogP contribution in [0.3, 0.4) is 0 Å². The number of H-pyrrole nitrogens is 1. The van der Waals surface area contributed by atoms with E-state index < -0.39 is 11.2 Å². The van der Waals surface area contributed by atoms with E-state index in [1.54, 1.807) is 19.3 Å². The molecule has 0 fully saturated rings. The number of nitrogen functional groups attached to an aromatic ring is 1. The summed E-state index contributed by atoms with van der Waals surface area (Å²) in [6.45, 7) is 3.93. The van der Waals surface area contributed by atoms with Crippen molar-refractivity contribution in [3.05, 3.63) is 34.3 Å². The quantitative estimate of drug-likeness (QED) is 0.502. The Labute approximate surface area is 140 Å². The van der Waals surface area contributed by atoms with Crippen LogP contribution in [0.4, 0.5) is 5.82 Å². The minimum atomic E-state index is -1.35. The summed E-state index contributed by atoms with van der Waals surface area (Å²) in [5.74, 6) is 1.19. The number of hydrogen-bond donors (Lipinski definition) is 2. The van der Waals surface area contributed by atoms with E-state index in [9.17, 15) is 9.35 Å². The largest absolute Gasteiger partial charge is 0.609 e. The molecule has 0 amide bonds. The third-order valence-electron chi connectivity index (χ3n) is 3.40. The van der Waals surface area contributed by atoms with E-state index in [0.717, 1.165) is 12.0 Å². The van der Waals surface area contributed by atoms with Crippen LogP contribution in [0.2, 0.25) is 0 Å². The lowest BCUT2D eigenvalue weighted by Gasteiger charge is -2.08. The van der Waals surface area contributed by atoms with E-state index in [1.807, 2.05) is 6.92 Å². The number of aromatic nitrogens is 6. The van der Waals surface area contributed by atoms with Crippen molar-refractivity contribution in [2.75, 3.05) is 11.5 Å². The van der Waals surface area contributed by atoms with E-state index in [-0.39, 0.29) is 23.2 Å². The molecule has 0 aliphatic rings. The number of anilines is 1. The first-order chi connectivity index (χ1) is 11.5. The Hall–Kier alpha value is -2.46. The molecular formula is C14H17N7O2S. The van der Waals surface area contributed by atoms with Crippen LogP contribution in [0.5, 0.6) is 0 Å². The molecule has 126 valence electrons. The van der Waals surface area contributed by atoms with Gasteiger partial charge in [0.2, 0.25) is 0 Å². The summed E-state index contributed by atoms with van der Waals surface area (Å²) < 4.78 is 13.6. The third kappa shape index (κ3) is 3.10. The zero-order chi connectivity index (χ0) is 17.3. The molecule has 0 saturated carbocycles. The number of aromatic amines is 1. The number of imidazole rings is 1. The zero-order valence-corrected chi connectivity index (χ0v) is 14.1. The Morgan fingerprint density at radius 2 is 2.04 bits per heavy atom. The summed E-state index contributed by atoms with van der Waals surface area (Å²) in [4.78, 5) is 31.4. The van der Waals surface area contributed by atoms with Gasteiger partial charge in [0.15, 0.2) is 11.5 Å². The highest BCUT2D eigenvalue weighted by Crippen LogP contribution is 2.18. The Morgan fingerprint density at radius 3 is 2.71 bits per heavy atom. The van der Waals surface area contributed by atoms with Crippen molar-refractivity contribution >= 4 is 28.2 Å². The molecule has 3 heterocycles. The van der Waals surface area contributed by atoms with Crippen molar-refractivity contribution in [3.63, 3.8) is 0 Å². The summed E-state index contributed by atoms with van der Waals surface area (Å²) in [5.41, 5.74) is 6.93. The van der Waals surface area contributed by atoms with Gasteiger partial charge in [-0.2, -0.15) is 9.97 Å². The van der Waals surface area contributed by atoms with Crippen LogP contribution in [0.15, 0.2) is 22.3 Å². The van der Waals surface area contributed by atoms with E-state index >= 15 is 0 Å². The smallest absolute Gasteiger partial charge is 0.346 e. The molecule has 1 unspecified atom stereocenters. The maximum atomic E-state index is 12.2. The van der Waals surface area contributed by atoms with Gasteiger partial charge in [0, 0.05) is 29.1 Å². The Morgan fingerprint density at radius 1 is 1.33 bits per heavy atom. The molecule has 0 radical (unpaired) electrons. The van der Waals surface area contributed by atoms with E-state index in [0.29, 0.717) is 22.7 Å². The number of nitrogens with one attached hydrogen (secondary N) is 1. The predicted molar refractivity (Wildman–Crippen MR) is 90.0 cm³/mol. The second-order valence-electron chi connectivity index (χ2n) is 5.29. The fourth-order valence-electron chi connectivity index (χ4n) is 2.24. The van der Waals surface area contributed by atoms with Gasteiger partial charge in [-0.1, -0.05) is 6.92 Å². The topological polar surface area (TPSA) is 138 Å². The highest BCUT2D eigenvalue weighted by Gasteiger charge is 2.20. The molecule has 9 nitrogen and oxygen atoms in total. The molecule has 10 heteroatoms. The molecule has 3 aromatic rings. The van der Waals surface area contributed by atoms with Crippen LogP contribution in [0, 0.1) is 6.92 Å². The molecule has 0 aromatic carbocycles. The lowest BCUT2D eigenvalue weighted by molar-refractivity contribution is 0.585. The van der Waals surface area contributed by atoms with Crippen LogP contribution in [0.1, 0.15) is 24.7 Å². The van der Waals surface area contributed by atoms with Crippen molar-refractivity contribution in [1.29, 1.82) is 0 Å². The highest BCUT2D eigenvalue weighted by atomic mass is 32.2. The summed E-state index contributed by atoms with van der Waals surface area (Å²) in [6.07, 6.45) is 4.02. The average molecular weight is 347 g/mol. The fourth-order valence-corrected chi connectivity index (χ4v) is 3.18. The lowest BCUT2D eigenvalue weighted by atomic mass is 10.3. The Balaban J connectivity index is 2.08. The van der Waals surface area contributed by atoms with Gasteiger partial charge >= 0.3 is 10.8 Å². The molecular weight excluding hydrogens is 330 g/mol. The van der Waals surface area contributed by atoms with Crippen molar-refractivity contribution in [2.24, 2.45) is 0 Å². The van der Waals surface area contributed by atoms with E-state index in [4.69, 9.17) is 5.73 Å². The molecule has 3 aromatic heterocycles. The number of hydrogen-bond acceptors (Lipinski definition) is 7. The number of nitrogens with zero attached hydrogens (tertiary/aromatic N) is 5. The van der Waals surface area contributed by atoms with Crippen LogP contribution in [0.25, 0.3) is 11.2 Å². The van der Waals surface area contributed by atoms with E-state index in [2.05, 4.69) is 24.9 Å². The van der Waals surface area contributed by atoms with Gasteiger partial charge in [-0.15, -0.1) is 0 Å². The Kier molecular flexibility index (Phi) is 4.49. The molecule has 0 saturated heterocycles. The number of aryl methyl sites for hydroxylation is 1. The van der Waals surface area contributed by atoms with Crippen LogP contribution < -0.4 is 11.4 Å². The number of nitrogens with two attached hydrogens (primary N) is 1. The van der Waals surface area contributed by atoms with Gasteiger partial charge in [0.05, 0.1) is 6.54 Å². The van der Waals surface area contributed by atoms with Crippen molar-refractivity contribution in [3.8, 4) is 0 Å². The molecule has 1 atom stereocenters. The standard InChI is InChI=1S/C14H17N7O2S/c1-3-4-24(23)13-19-11(15)10-12(20-13)21(14(22)18-10)7-9-5-16-8(2)17-6-9/h5-6H,3-4,7H2,1-2H3,(H,18,22)(H2,15,19,20). The number of fused-ring (bicyclic) bond motifs is 1. The zero-order valence-electron chi connectivity index (χ0n) is 13.3. The monoisotopic (exact) mass is 347 g/mol. The van der Waals surface area contributed by atoms with Gasteiger partial charge in [-0.25, -0.2) is 14.8 Å². The molecule has 0 aliphatic carbocycles. The summed E-state index contributed by atoms with van der Waals surface area (Å²) in [6, 6.07) is 0. The van der Waals surface area contributed by atoms with Crippen molar-refractivity contribution in [1.82, 2.24) is 29.5 Å². The molecule has 3 N–H and O–H groups in total. The van der Waals surface area contributed by atoms with E-state index in [1.165, 1.54) is 4.57 Å². The molecule has 3 rings (SSSR count). The predicted octanol–water partition coefficient (Wildman–Crippen LogP) is 0.366. The average Bonchev–Trinajstić information content (AvgIpc) is 2.87. The van der Waals surface area contributed by atoms with Gasteiger partial charge in [0.25, 0.3) is 0 Å². The fraction of sp³-hybridized carbons (Fsp3) is 0.357. The van der Waals surface area contributed by atoms with Gasteiger partial charge in [-0.05, 0) is 13.3 Å². The summed E-state index contributed by atoms with van der Waals surface area (Å²) in [5, 5.41) is 0.134. The highest BCUT2D eigenvalue weighted by molar-refractivity contribution is 7.91. The maximum Gasteiger partial charge on any atom is 0.346 e. The Bertz CT molecular complexity index is 919. The number of rotatable bonds is 5. The molecule has 24 heavy (non-hydrogen) atoms. The van der Waals surface area contributed by atoms with Crippen molar-refractivity contribution in [2.45, 2.75) is 32.0 Å². The minimum Gasteiger partial charge on any atom is -0.609 e. The summed E-state index contributed by atoms with van der Waals surface area (Å²) >= 11 is -1.35. The molecule has 0 bridgehead atoms. The molecule has 0 aliphatic heterocycles. The van der Waals surface area contributed by atoms with Crippen molar-refractivity contribution < 1.29 is 4.55 Å². The molecule has 0 spiro atoms. The lowest BCUT2D eigenvalue weighted by Crippen LogP contribution is -2.18. The third-order valence-corrected chi connectivity index (χ3v) is 4.77. The van der Waals surface area contributed by atoms with Crippen LogP contribution in [-0.4, -0.2) is 39.8 Å². The first-order valence-corrected chi connectivity index (χ1v) is 8.73. The van der Waals surface area contributed by atoms with Gasteiger partial charge in [0.1, 0.15) is 17.1 Å².